The first-order chi connectivity index (χ1) is 10.7. The lowest BCUT2D eigenvalue weighted by Crippen LogP contribution is -2.27. The molecule has 0 aliphatic rings. The number of hydrogen-bond acceptors (Lipinski definition) is 2. The molecule has 0 aromatic heterocycles. The molecule has 0 heterocycles. The molecule has 1 N–H and O–H groups in total. The second-order valence-corrected chi connectivity index (χ2v) is 5.96. The Bertz CT molecular complexity index is 578. The lowest BCUT2D eigenvalue weighted by Gasteiger charge is -2.29. The Morgan fingerprint density at radius 1 is 1.09 bits per heavy atom. The third kappa shape index (κ3) is 4.11. The molecule has 2 nitrogen and oxygen atoms in total. The lowest BCUT2D eigenvalue weighted by molar-refractivity contribution is 0.202. The SMILES string of the molecule is CCCN(Cc1ccccc1)[C@@H](C)c1ccc(C)c(NC)c1. The Balaban J connectivity index is 2.20. The average molecular weight is 296 g/mol. The van der Waals surface area contributed by atoms with Crippen molar-refractivity contribution in [3.8, 4) is 0 Å². The minimum absolute atomic E-state index is 0.410. The molecule has 0 saturated carbocycles. The highest BCUT2D eigenvalue weighted by Gasteiger charge is 2.16. The molecule has 0 spiro atoms. The zero-order valence-corrected chi connectivity index (χ0v) is 14.3. The molecular formula is C20H28N2. The number of nitrogens with zero attached hydrogens (tertiary/aromatic N) is 1. The van der Waals surface area contributed by atoms with Gasteiger partial charge in [0.1, 0.15) is 0 Å². The van der Waals surface area contributed by atoms with Crippen molar-refractivity contribution in [3.05, 3.63) is 65.2 Å². The van der Waals surface area contributed by atoms with Crippen LogP contribution in [0.2, 0.25) is 0 Å². The Morgan fingerprint density at radius 2 is 1.82 bits per heavy atom. The first-order valence-electron chi connectivity index (χ1n) is 8.22. The van der Waals surface area contributed by atoms with E-state index >= 15 is 0 Å². The Labute approximate surface area is 135 Å². The first kappa shape index (κ1) is 16.6. The molecule has 0 fully saturated rings. The van der Waals surface area contributed by atoms with Crippen LogP contribution in [0.1, 0.15) is 43.0 Å². The average Bonchev–Trinajstić information content (AvgIpc) is 2.55. The zero-order valence-electron chi connectivity index (χ0n) is 14.3. The van der Waals surface area contributed by atoms with Crippen molar-refractivity contribution >= 4 is 5.69 Å². The van der Waals surface area contributed by atoms with Gasteiger partial charge in [-0.2, -0.15) is 0 Å². The smallest absolute Gasteiger partial charge is 0.0370 e. The predicted octanol–water partition coefficient (Wildman–Crippen LogP) is 5.01. The van der Waals surface area contributed by atoms with Crippen LogP contribution in [-0.2, 0) is 6.54 Å². The summed E-state index contributed by atoms with van der Waals surface area (Å²) < 4.78 is 0. The van der Waals surface area contributed by atoms with Gasteiger partial charge in [0.05, 0.1) is 0 Å². The predicted molar refractivity (Wildman–Crippen MR) is 96.3 cm³/mol. The van der Waals surface area contributed by atoms with Crippen LogP contribution in [0.4, 0.5) is 5.69 Å². The minimum Gasteiger partial charge on any atom is -0.388 e. The maximum Gasteiger partial charge on any atom is 0.0370 e. The molecule has 2 heteroatoms. The molecule has 22 heavy (non-hydrogen) atoms. The van der Waals surface area contributed by atoms with E-state index in [2.05, 4.69) is 79.5 Å². The minimum atomic E-state index is 0.410. The van der Waals surface area contributed by atoms with Crippen molar-refractivity contribution < 1.29 is 0 Å². The molecule has 0 unspecified atom stereocenters. The summed E-state index contributed by atoms with van der Waals surface area (Å²) in [6, 6.07) is 17.9. The molecule has 2 aromatic rings. The van der Waals surface area contributed by atoms with Crippen molar-refractivity contribution in [3.63, 3.8) is 0 Å². The van der Waals surface area contributed by atoms with Crippen LogP contribution in [0.3, 0.4) is 0 Å². The van der Waals surface area contributed by atoms with Gasteiger partial charge in [-0.1, -0.05) is 49.4 Å². The molecule has 0 aliphatic carbocycles. The standard InChI is InChI=1S/C20H28N2/c1-5-13-22(15-18-9-7-6-8-10-18)17(3)19-12-11-16(2)20(14-19)21-4/h6-12,14,17,21H,5,13,15H2,1-4H3/t17-/m0/s1. The molecule has 0 radical (unpaired) electrons. The van der Waals surface area contributed by atoms with E-state index in [1.807, 2.05) is 7.05 Å². The second-order valence-electron chi connectivity index (χ2n) is 5.96. The molecule has 0 amide bonds. The maximum atomic E-state index is 3.29. The van der Waals surface area contributed by atoms with E-state index in [0.29, 0.717) is 6.04 Å². The van der Waals surface area contributed by atoms with Gasteiger partial charge in [0, 0.05) is 25.3 Å². The second kappa shape index (κ2) is 8.00. The third-order valence-electron chi connectivity index (χ3n) is 4.30. The summed E-state index contributed by atoms with van der Waals surface area (Å²) in [5.41, 5.74) is 5.27. The fourth-order valence-corrected chi connectivity index (χ4v) is 2.89. The van der Waals surface area contributed by atoms with Crippen LogP contribution in [0.25, 0.3) is 0 Å². The molecule has 0 bridgehead atoms. The lowest BCUT2D eigenvalue weighted by atomic mass is 10.0. The highest BCUT2D eigenvalue weighted by atomic mass is 15.1. The maximum absolute atomic E-state index is 3.29. The van der Waals surface area contributed by atoms with Gasteiger partial charge in [0.2, 0.25) is 0 Å². The number of rotatable bonds is 7. The number of benzene rings is 2. The summed E-state index contributed by atoms with van der Waals surface area (Å²) in [5.74, 6) is 0. The summed E-state index contributed by atoms with van der Waals surface area (Å²) in [5, 5.41) is 3.29. The summed E-state index contributed by atoms with van der Waals surface area (Å²) >= 11 is 0. The van der Waals surface area contributed by atoms with Crippen LogP contribution in [0, 0.1) is 6.92 Å². The van der Waals surface area contributed by atoms with E-state index in [1.165, 1.54) is 28.8 Å². The van der Waals surface area contributed by atoms with Gasteiger partial charge in [-0.3, -0.25) is 4.90 Å². The summed E-state index contributed by atoms with van der Waals surface area (Å²) in [6.07, 6.45) is 1.17. The quantitative estimate of drug-likeness (QED) is 0.772. The van der Waals surface area contributed by atoms with E-state index in [-0.39, 0.29) is 0 Å². The number of hydrogen-bond donors (Lipinski definition) is 1. The highest BCUT2D eigenvalue weighted by molar-refractivity contribution is 5.52. The largest absolute Gasteiger partial charge is 0.388 e. The first-order valence-corrected chi connectivity index (χ1v) is 8.22. The molecular weight excluding hydrogens is 268 g/mol. The van der Waals surface area contributed by atoms with Crippen molar-refractivity contribution in [2.75, 3.05) is 18.9 Å². The monoisotopic (exact) mass is 296 g/mol. The van der Waals surface area contributed by atoms with Crippen LogP contribution in [-0.4, -0.2) is 18.5 Å². The van der Waals surface area contributed by atoms with Crippen LogP contribution < -0.4 is 5.32 Å². The van der Waals surface area contributed by atoms with E-state index < -0.39 is 0 Å². The Kier molecular flexibility index (Phi) is 6.02. The molecule has 0 aliphatic heterocycles. The van der Waals surface area contributed by atoms with Crippen molar-refractivity contribution in [1.29, 1.82) is 0 Å². The van der Waals surface area contributed by atoms with Crippen molar-refractivity contribution in [2.24, 2.45) is 0 Å². The molecule has 0 saturated heterocycles. The van der Waals surface area contributed by atoms with E-state index in [4.69, 9.17) is 0 Å². The van der Waals surface area contributed by atoms with Gasteiger partial charge >= 0.3 is 0 Å². The molecule has 1 atom stereocenters. The fraction of sp³-hybridized carbons (Fsp3) is 0.400. The van der Waals surface area contributed by atoms with Crippen molar-refractivity contribution in [1.82, 2.24) is 4.90 Å². The van der Waals surface area contributed by atoms with E-state index in [9.17, 15) is 0 Å². The van der Waals surface area contributed by atoms with E-state index in [0.717, 1.165) is 13.1 Å². The van der Waals surface area contributed by atoms with Gasteiger partial charge in [-0.05, 0) is 49.6 Å². The molecule has 2 rings (SSSR count). The normalized spacial score (nSPS) is 12.4. The van der Waals surface area contributed by atoms with Crippen LogP contribution in [0.5, 0.6) is 0 Å². The van der Waals surface area contributed by atoms with Gasteiger partial charge in [0.15, 0.2) is 0 Å². The molecule has 118 valence electrons. The van der Waals surface area contributed by atoms with Gasteiger partial charge < -0.3 is 5.32 Å². The highest BCUT2D eigenvalue weighted by Crippen LogP contribution is 2.26. The van der Waals surface area contributed by atoms with E-state index in [1.54, 1.807) is 0 Å². The van der Waals surface area contributed by atoms with Crippen molar-refractivity contribution in [2.45, 2.75) is 39.8 Å². The summed E-state index contributed by atoms with van der Waals surface area (Å²) in [7, 11) is 1.99. The summed E-state index contributed by atoms with van der Waals surface area (Å²) in [6.45, 7) is 8.81. The van der Waals surface area contributed by atoms with Crippen LogP contribution in [0.15, 0.2) is 48.5 Å². The van der Waals surface area contributed by atoms with Gasteiger partial charge in [-0.15, -0.1) is 0 Å². The number of anilines is 1. The zero-order chi connectivity index (χ0) is 15.9. The topological polar surface area (TPSA) is 15.3 Å². The van der Waals surface area contributed by atoms with Gasteiger partial charge in [-0.25, -0.2) is 0 Å². The van der Waals surface area contributed by atoms with Crippen LogP contribution >= 0.6 is 0 Å². The number of nitrogens with one attached hydrogen (secondary N) is 1. The number of aryl methyl sites for hydroxylation is 1. The Hall–Kier alpha value is -1.80. The summed E-state index contributed by atoms with van der Waals surface area (Å²) in [4.78, 5) is 2.56. The van der Waals surface area contributed by atoms with Gasteiger partial charge in [0.25, 0.3) is 0 Å². The molecule has 2 aromatic carbocycles. The third-order valence-corrected chi connectivity index (χ3v) is 4.30. The Morgan fingerprint density at radius 3 is 2.45 bits per heavy atom. The fourth-order valence-electron chi connectivity index (χ4n) is 2.89.